The van der Waals surface area contributed by atoms with Gasteiger partial charge in [0.25, 0.3) is 0 Å². The highest BCUT2D eigenvalue weighted by molar-refractivity contribution is 5.80. The molecule has 0 spiro atoms. The molecule has 0 atom stereocenters. The average Bonchev–Trinajstić information content (AvgIpc) is 2.50. The number of carbonyl (C=O) groups excluding carboxylic acids is 1. The van der Waals surface area contributed by atoms with Crippen molar-refractivity contribution in [1.82, 2.24) is 20.9 Å². The summed E-state index contributed by atoms with van der Waals surface area (Å²) in [6.45, 7) is 16.1. The summed E-state index contributed by atoms with van der Waals surface area (Å²) in [4.78, 5) is 18.7. The van der Waals surface area contributed by atoms with Crippen LogP contribution >= 0.6 is 0 Å². The molecular formula is C18H37N5O2. The fourth-order valence-electron chi connectivity index (χ4n) is 2.71. The first-order valence-electron chi connectivity index (χ1n) is 9.47. The van der Waals surface area contributed by atoms with Crippen molar-refractivity contribution in [2.24, 2.45) is 4.99 Å². The van der Waals surface area contributed by atoms with Crippen LogP contribution in [0, 0.1) is 0 Å². The van der Waals surface area contributed by atoms with Crippen molar-refractivity contribution < 1.29 is 9.53 Å². The lowest BCUT2D eigenvalue weighted by molar-refractivity contribution is 0.0529. The molecule has 7 heteroatoms. The molecule has 1 rings (SSSR count). The second-order valence-corrected chi connectivity index (χ2v) is 7.74. The number of amides is 1. The Balaban J connectivity index is 2.35. The first kappa shape index (κ1) is 21.5. The number of nitrogens with one attached hydrogen (secondary N) is 3. The molecule has 7 nitrogen and oxygen atoms in total. The number of nitrogens with zero attached hydrogens (tertiary/aromatic N) is 2. The van der Waals surface area contributed by atoms with Crippen LogP contribution < -0.4 is 16.0 Å². The van der Waals surface area contributed by atoms with E-state index in [0.29, 0.717) is 25.2 Å². The van der Waals surface area contributed by atoms with E-state index in [0.717, 1.165) is 38.4 Å². The van der Waals surface area contributed by atoms with Crippen molar-refractivity contribution in [3.63, 3.8) is 0 Å². The topological polar surface area (TPSA) is 78.0 Å². The van der Waals surface area contributed by atoms with E-state index in [2.05, 4.69) is 46.6 Å². The average molecular weight is 356 g/mol. The van der Waals surface area contributed by atoms with Gasteiger partial charge in [-0.1, -0.05) is 0 Å². The molecule has 1 fully saturated rings. The Morgan fingerprint density at radius 2 is 1.88 bits per heavy atom. The molecular weight excluding hydrogens is 318 g/mol. The smallest absolute Gasteiger partial charge is 0.407 e. The van der Waals surface area contributed by atoms with Gasteiger partial charge in [0.2, 0.25) is 0 Å². The number of ether oxygens (including phenoxy) is 1. The number of hydrogen-bond donors (Lipinski definition) is 3. The van der Waals surface area contributed by atoms with Crippen molar-refractivity contribution in [2.45, 2.75) is 72.1 Å². The molecule has 1 aliphatic rings. The van der Waals surface area contributed by atoms with Crippen LogP contribution in [0.5, 0.6) is 0 Å². The fourth-order valence-corrected chi connectivity index (χ4v) is 2.71. The lowest BCUT2D eigenvalue weighted by atomic mass is 10.0. The van der Waals surface area contributed by atoms with E-state index in [-0.39, 0.29) is 0 Å². The van der Waals surface area contributed by atoms with E-state index < -0.39 is 11.7 Å². The van der Waals surface area contributed by atoms with Crippen molar-refractivity contribution in [3.05, 3.63) is 0 Å². The summed E-state index contributed by atoms with van der Waals surface area (Å²) in [7, 11) is 0. The molecule has 1 saturated heterocycles. The monoisotopic (exact) mass is 355 g/mol. The number of hydrogen-bond acceptors (Lipinski definition) is 4. The Kier molecular flexibility index (Phi) is 9.03. The molecule has 1 aliphatic heterocycles. The van der Waals surface area contributed by atoms with E-state index in [1.807, 2.05) is 20.8 Å². The van der Waals surface area contributed by atoms with E-state index in [1.54, 1.807) is 0 Å². The maximum atomic E-state index is 11.6. The maximum Gasteiger partial charge on any atom is 0.407 e. The van der Waals surface area contributed by atoms with E-state index in [9.17, 15) is 4.79 Å². The van der Waals surface area contributed by atoms with Gasteiger partial charge in [0.1, 0.15) is 5.60 Å². The summed E-state index contributed by atoms with van der Waals surface area (Å²) in [5, 5.41) is 9.51. The third-order valence-corrected chi connectivity index (χ3v) is 3.99. The second-order valence-electron chi connectivity index (χ2n) is 7.74. The minimum atomic E-state index is -0.477. The molecule has 0 aromatic carbocycles. The number of rotatable bonds is 6. The molecule has 3 N–H and O–H groups in total. The summed E-state index contributed by atoms with van der Waals surface area (Å²) in [6, 6.07) is 1.06. The van der Waals surface area contributed by atoms with Gasteiger partial charge in [0.15, 0.2) is 5.96 Å². The van der Waals surface area contributed by atoms with E-state index >= 15 is 0 Å². The van der Waals surface area contributed by atoms with Gasteiger partial charge in [-0.25, -0.2) is 4.79 Å². The molecule has 0 unspecified atom stereocenters. The Morgan fingerprint density at radius 3 is 2.40 bits per heavy atom. The molecule has 0 radical (unpaired) electrons. The number of carbonyl (C=O) groups is 1. The van der Waals surface area contributed by atoms with Crippen LogP contribution in [-0.4, -0.2) is 67.4 Å². The fraction of sp³-hybridized carbons (Fsp3) is 0.889. The van der Waals surface area contributed by atoms with Gasteiger partial charge in [0.05, 0.1) is 6.54 Å². The van der Waals surface area contributed by atoms with Crippen LogP contribution in [-0.2, 0) is 4.74 Å². The first-order valence-corrected chi connectivity index (χ1v) is 9.47. The highest BCUT2D eigenvalue weighted by Gasteiger charge is 2.21. The zero-order chi connectivity index (χ0) is 18.9. The van der Waals surface area contributed by atoms with Crippen molar-refractivity contribution >= 4 is 12.1 Å². The number of likely N-dealkylation sites (tertiary alicyclic amines) is 1. The SMILES string of the molecule is CCNC(=NCCNC(=O)OC(C)(C)C)NC1CCN(C(C)C)CC1. The predicted octanol–water partition coefficient (Wildman–Crippen LogP) is 1.94. The largest absolute Gasteiger partial charge is 0.444 e. The van der Waals surface area contributed by atoms with Gasteiger partial charge in [-0.15, -0.1) is 0 Å². The molecule has 25 heavy (non-hydrogen) atoms. The molecule has 0 aliphatic carbocycles. The summed E-state index contributed by atoms with van der Waals surface area (Å²) in [5.41, 5.74) is -0.477. The molecule has 0 saturated carbocycles. The second kappa shape index (κ2) is 10.5. The predicted molar refractivity (Wildman–Crippen MR) is 103 cm³/mol. The Morgan fingerprint density at radius 1 is 1.24 bits per heavy atom. The van der Waals surface area contributed by atoms with E-state index in [1.165, 1.54) is 0 Å². The number of piperidine rings is 1. The van der Waals surface area contributed by atoms with Crippen molar-refractivity contribution in [1.29, 1.82) is 0 Å². The van der Waals surface area contributed by atoms with Gasteiger partial charge in [-0.3, -0.25) is 4.99 Å². The normalized spacial score (nSPS) is 17.5. The third-order valence-electron chi connectivity index (χ3n) is 3.99. The van der Waals surface area contributed by atoms with Gasteiger partial charge >= 0.3 is 6.09 Å². The van der Waals surface area contributed by atoms with Crippen LogP contribution in [0.1, 0.15) is 54.4 Å². The third kappa shape index (κ3) is 9.53. The van der Waals surface area contributed by atoms with Crippen molar-refractivity contribution in [3.8, 4) is 0 Å². The van der Waals surface area contributed by atoms with Crippen LogP contribution in [0.25, 0.3) is 0 Å². The number of guanidine groups is 1. The highest BCUT2D eigenvalue weighted by Crippen LogP contribution is 2.12. The summed E-state index contributed by atoms with van der Waals surface area (Å²) < 4.78 is 5.21. The zero-order valence-electron chi connectivity index (χ0n) is 16.8. The lowest BCUT2D eigenvalue weighted by Crippen LogP contribution is -2.50. The Hall–Kier alpha value is -1.50. The Bertz CT molecular complexity index is 424. The van der Waals surface area contributed by atoms with Crippen LogP contribution in [0.15, 0.2) is 4.99 Å². The highest BCUT2D eigenvalue weighted by atomic mass is 16.6. The minimum absolute atomic E-state index is 0.401. The summed E-state index contributed by atoms with van der Waals surface area (Å²) in [6.07, 6.45) is 1.85. The lowest BCUT2D eigenvalue weighted by Gasteiger charge is -2.35. The molecule has 1 heterocycles. The zero-order valence-corrected chi connectivity index (χ0v) is 16.8. The minimum Gasteiger partial charge on any atom is -0.444 e. The molecule has 0 aromatic heterocycles. The van der Waals surface area contributed by atoms with Gasteiger partial charge in [0, 0.05) is 38.3 Å². The van der Waals surface area contributed by atoms with Crippen LogP contribution in [0.2, 0.25) is 0 Å². The summed E-state index contributed by atoms with van der Waals surface area (Å²) >= 11 is 0. The number of alkyl carbamates (subject to hydrolysis) is 1. The summed E-state index contributed by atoms with van der Waals surface area (Å²) in [5.74, 6) is 0.816. The van der Waals surface area contributed by atoms with E-state index in [4.69, 9.17) is 4.74 Å². The molecule has 146 valence electrons. The Labute approximate surface area is 153 Å². The molecule has 0 aromatic rings. The van der Waals surface area contributed by atoms with Gasteiger partial charge in [-0.05, 0) is 54.4 Å². The van der Waals surface area contributed by atoms with Crippen LogP contribution in [0.3, 0.4) is 0 Å². The maximum absolute atomic E-state index is 11.6. The molecule has 1 amide bonds. The molecule has 0 bridgehead atoms. The quantitative estimate of drug-likeness (QED) is 0.386. The van der Waals surface area contributed by atoms with Crippen molar-refractivity contribution in [2.75, 3.05) is 32.7 Å². The first-order chi connectivity index (χ1) is 11.7. The van der Waals surface area contributed by atoms with Gasteiger partial charge in [-0.2, -0.15) is 0 Å². The van der Waals surface area contributed by atoms with Crippen LogP contribution in [0.4, 0.5) is 4.79 Å². The number of aliphatic imine (C=N–C) groups is 1. The van der Waals surface area contributed by atoms with Gasteiger partial charge < -0.3 is 25.6 Å². The standard InChI is InChI=1S/C18H37N5O2/c1-7-19-16(20-10-11-21-17(24)25-18(4,5)6)22-15-8-12-23(13-9-15)14(2)3/h14-15H,7-13H2,1-6H3,(H,21,24)(H2,19,20,22).